The molecule has 117 heavy (non-hydrogen) atoms. The first-order chi connectivity index (χ1) is 54.8. The van der Waals surface area contributed by atoms with Gasteiger partial charge in [-0.1, -0.05) is 19.9 Å². The molecule has 0 spiro atoms. The highest BCUT2D eigenvalue weighted by Crippen LogP contribution is 2.45. The number of ketones is 1. The summed E-state index contributed by atoms with van der Waals surface area (Å²) in [5.74, 6) is -21.3. The summed E-state index contributed by atoms with van der Waals surface area (Å²) in [7, 11) is 0. The molecule has 44 nitrogen and oxygen atoms in total. The summed E-state index contributed by atoms with van der Waals surface area (Å²) in [6.45, 7) is 12.6. The van der Waals surface area contributed by atoms with Gasteiger partial charge in [-0.25, -0.2) is 0 Å². The van der Waals surface area contributed by atoms with Crippen LogP contribution in [0, 0.1) is 0 Å². The highest BCUT2D eigenvalue weighted by Gasteiger charge is 2.64. The summed E-state index contributed by atoms with van der Waals surface area (Å²) in [4.78, 5) is 244. The van der Waals surface area contributed by atoms with Crippen LogP contribution in [0.4, 0.5) is 5.69 Å². The van der Waals surface area contributed by atoms with Crippen LogP contribution in [-0.2, 0) is 200 Å². The van der Waals surface area contributed by atoms with Gasteiger partial charge in [0.15, 0.2) is 105 Å². The van der Waals surface area contributed by atoms with E-state index in [4.69, 9.17) is 118 Å². The Morgan fingerprint density at radius 1 is 0.299 bits per heavy atom. The molecule has 1 aromatic carbocycles. The lowest BCUT2D eigenvalue weighted by atomic mass is 9.93. The maximum absolute atomic E-state index is 15.7. The molecule has 6 heterocycles. The number of hydrogen-bond acceptors (Lipinski definition) is 43. The van der Waals surface area contributed by atoms with E-state index in [-0.39, 0.29) is 17.2 Å². The van der Waals surface area contributed by atoms with Gasteiger partial charge in [-0.3, -0.25) is 91.2 Å². The predicted octanol–water partition coefficient (Wildman–Crippen LogP) is -0.431. The minimum absolute atomic E-state index is 0.348. The van der Waals surface area contributed by atoms with E-state index in [0.29, 0.717) is 10.5 Å². The lowest BCUT2D eigenvalue weighted by Gasteiger charge is -2.53. The molecule has 648 valence electrons. The van der Waals surface area contributed by atoms with Crippen LogP contribution < -0.4 is 4.90 Å². The summed E-state index contributed by atoms with van der Waals surface area (Å²) >= 11 is 0. The zero-order chi connectivity index (χ0) is 87.0. The molecule has 5 fully saturated rings. The maximum Gasteiger partial charge on any atom is 0.303 e. The Morgan fingerprint density at radius 2 is 0.556 bits per heavy atom. The van der Waals surface area contributed by atoms with E-state index in [1.54, 1.807) is 13.8 Å². The summed E-state index contributed by atoms with van der Waals surface area (Å²) in [6.07, 6.45) is -55.6. The molecule has 0 aliphatic carbocycles. The highest BCUT2D eigenvalue weighted by molar-refractivity contribution is 6.52. The molecule has 0 aromatic heterocycles. The summed E-state index contributed by atoms with van der Waals surface area (Å²) in [5.41, 5.74) is -0.247. The smallest absolute Gasteiger partial charge is 0.303 e. The molecule has 0 saturated carbocycles. The molecule has 0 N–H and O–H groups in total. The molecular formula is C73H93NO43. The van der Waals surface area contributed by atoms with E-state index in [2.05, 4.69) is 0 Å². The van der Waals surface area contributed by atoms with Crippen molar-refractivity contribution in [2.75, 3.05) is 37.9 Å². The second-order valence-electron chi connectivity index (χ2n) is 27.4. The third-order valence-corrected chi connectivity index (χ3v) is 17.6. The van der Waals surface area contributed by atoms with Crippen LogP contribution in [0.15, 0.2) is 18.2 Å². The van der Waals surface area contributed by atoms with Crippen LogP contribution in [0.25, 0.3) is 0 Å². The van der Waals surface area contributed by atoms with Crippen molar-refractivity contribution in [1.82, 2.24) is 0 Å². The van der Waals surface area contributed by atoms with E-state index in [1.807, 2.05) is 0 Å². The Bertz CT molecular complexity index is 3890. The molecule has 25 atom stereocenters. The zero-order valence-electron chi connectivity index (χ0n) is 66.8. The van der Waals surface area contributed by atoms with Crippen LogP contribution in [0.5, 0.6) is 0 Å². The Kier molecular flexibility index (Phi) is 33.3. The van der Waals surface area contributed by atoms with Crippen molar-refractivity contribution < 1.29 is 205 Å². The third-order valence-electron chi connectivity index (χ3n) is 17.6. The number of esters is 16. The molecule has 6 aliphatic heterocycles. The van der Waals surface area contributed by atoms with Crippen molar-refractivity contribution in [3.8, 4) is 0 Å². The first-order valence-corrected chi connectivity index (χ1v) is 36.3. The van der Waals surface area contributed by atoms with Gasteiger partial charge in [-0.15, -0.1) is 0 Å². The van der Waals surface area contributed by atoms with Crippen molar-refractivity contribution in [3.63, 3.8) is 0 Å². The fraction of sp³-hybridized carbons (Fsp3) is 0.671. The van der Waals surface area contributed by atoms with Crippen molar-refractivity contribution in [2.45, 2.75) is 284 Å². The summed E-state index contributed by atoms with van der Waals surface area (Å²) < 4.78 is 152. The molecule has 0 bridgehead atoms. The zero-order valence-corrected chi connectivity index (χ0v) is 66.8. The van der Waals surface area contributed by atoms with E-state index < -0.39 is 294 Å². The Balaban J connectivity index is 1.70. The largest absolute Gasteiger partial charge is 0.463 e. The topological polar surface area (TPSA) is 541 Å². The number of rotatable bonds is 31. The van der Waals surface area contributed by atoms with Gasteiger partial charge in [-0.2, -0.15) is 0 Å². The number of Topliss-reactive ketones (excluding diaryl/α,β-unsaturated/α-hetero) is 1. The number of anilines is 1. The normalized spacial score (nSPS) is 31.2. The van der Waals surface area contributed by atoms with Crippen molar-refractivity contribution in [1.29, 1.82) is 0 Å². The highest BCUT2D eigenvalue weighted by atomic mass is 16.8. The molecule has 5 saturated heterocycles. The monoisotopic (exact) mass is 1670 g/mol. The minimum atomic E-state index is -2.67. The fourth-order valence-electron chi connectivity index (χ4n) is 13.5. The molecule has 1 aromatic rings. The van der Waals surface area contributed by atoms with Gasteiger partial charge in [0.25, 0.3) is 5.78 Å². The van der Waals surface area contributed by atoms with Gasteiger partial charge in [0.1, 0.15) is 75.3 Å². The third kappa shape index (κ3) is 25.3. The van der Waals surface area contributed by atoms with Gasteiger partial charge in [0.2, 0.25) is 0 Å². The Hall–Kier alpha value is -10.5. The van der Waals surface area contributed by atoms with Gasteiger partial charge in [0.05, 0.1) is 17.9 Å². The minimum Gasteiger partial charge on any atom is -0.463 e. The van der Waals surface area contributed by atoms with Gasteiger partial charge < -0.3 is 118 Å². The van der Waals surface area contributed by atoms with Crippen LogP contribution in [0.1, 0.15) is 146 Å². The maximum atomic E-state index is 15.7. The number of ether oxygens (including phenoxy) is 25. The molecule has 7 rings (SSSR count). The first kappa shape index (κ1) is 93.7. The van der Waals surface area contributed by atoms with Crippen LogP contribution in [0.2, 0.25) is 0 Å². The van der Waals surface area contributed by atoms with Gasteiger partial charge >= 0.3 is 101 Å². The number of carbonyl (C=O) groups is 18. The van der Waals surface area contributed by atoms with E-state index >= 15 is 9.59 Å². The van der Waals surface area contributed by atoms with E-state index in [1.165, 1.54) is 18.2 Å². The van der Waals surface area contributed by atoms with Crippen LogP contribution in [-0.4, -0.2) is 294 Å². The average Bonchev–Trinajstić information content (AvgIpc) is 1.67. The van der Waals surface area contributed by atoms with Crippen LogP contribution in [0.3, 0.4) is 0 Å². The van der Waals surface area contributed by atoms with Crippen molar-refractivity contribution in [2.24, 2.45) is 0 Å². The van der Waals surface area contributed by atoms with Crippen molar-refractivity contribution in [3.05, 3.63) is 29.3 Å². The molecule has 0 unspecified atom stereocenters. The first-order valence-electron chi connectivity index (χ1n) is 36.3. The van der Waals surface area contributed by atoms with Crippen LogP contribution >= 0.6 is 0 Å². The number of fused-ring (bicyclic) bond motifs is 1. The molecule has 44 heteroatoms. The van der Waals surface area contributed by atoms with Gasteiger partial charge in [-0.05, 0) is 23.6 Å². The molecule has 1 amide bonds. The average molecular weight is 1670 g/mol. The SMILES string of the molecule is CC(=O)OC[C@H]1O[C@@H](OC[C@H]2O[C@@H](N3C(=O)C(=O)c4cc(C(C)C)ccc43)[C@@H](O[C@@H]3O[C@H](COC(C)=O)[C@@H](OC(C)=O)[C@H](OC(C)=O)[C@@H]3OC(C)=O)[C@@H](O[C@@H]3O[C@H](COC(C)=O)[C@@H](OC(C)=O)[C@H](OC(C)=O)[C@@H]3OC(C)=O)[C@@H]2O[C@@H]2O[C@H](COC(C)=O)[C@@H](OC(C)=O)[C@H](OC(C)=O)[C@@H]2OC(C)=O)[C@@H](OC(C)=O)[C@@H](OC(C)=O)[C@@H]1OC(C)=O. The lowest BCUT2D eigenvalue weighted by molar-refractivity contribution is -0.393. The number of nitrogens with zero attached hydrogens (tertiary/aromatic N) is 1. The Morgan fingerprint density at radius 3 is 0.846 bits per heavy atom. The molecule has 0 radical (unpaired) electrons. The van der Waals surface area contributed by atoms with Gasteiger partial charge in [0, 0.05) is 111 Å². The Labute approximate surface area is 666 Å². The number of amides is 1. The molecule has 6 aliphatic rings. The summed E-state index contributed by atoms with van der Waals surface area (Å²) in [5, 5.41) is 0. The lowest BCUT2D eigenvalue weighted by Crippen LogP contribution is -2.72. The van der Waals surface area contributed by atoms with Crippen molar-refractivity contribution >= 4 is 113 Å². The standard InChI is InChI=1S/C73H93NO43/c1-27(2)44-19-20-46-45(21-44)52(91)68(92)74(46)69-63(117-73-67(109-43(18)90)62(105-39(14)86)56(101-35(10)82)51(114-73)25-96-31(6)78)58(116-72-66(108-42(17)89)61(104-38(13)85)55(100-34(9)81)50(113-72)24-95-30(5)77)57(115-71-65(107-41(16)88)60(103-37(12)84)54(99-33(8)80)49(112-71)23-94-29(4)76)47(110-69)26-97-70-64(106-40(15)87)59(102-36(11)83)53(98-32(7)79)48(111-70)22-93-28(3)75/h19-21,27,47-51,53-67,69-73H,22-26H2,1-18H3/t47-,48-,49-,50-,51-,53-,54-,55-,56-,57-,58+,59+,60+,61+,62+,63+,64+,65+,66+,67+,69-,70-,71+,72+,73+/m1/s1. The molecular weight excluding hydrogens is 1580 g/mol. The summed E-state index contributed by atoms with van der Waals surface area (Å²) in [6, 6.07) is 4.10. The second-order valence-corrected chi connectivity index (χ2v) is 27.4. The number of hydrogen-bond donors (Lipinski definition) is 0. The second kappa shape index (κ2) is 41.6. The van der Waals surface area contributed by atoms with E-state index in [0.717, 1.165) is 111 Å². The number of carbonyl (C=O) groups excluding carboxylic acids is 18. The quantitative estimate of drug-likeness (QED) is 0.0517. The number of benzene rings is 1. The fourth-order valence-corrected chi connectivity index (χ4v) is 13.5. The van der Waals surface area contributed by atoms with E-state index in [9.17, 15) is 76.7 Å². The predicted molar refractivity (Wildman–Crippen MR) is 369 cm³/mol.